The van der Waals surface area contributed by atoms with Gasteiger partial charge in [-0.05, 0) is 24.7 Å². The first-order chi connectivity index (χ1) is 14.2. The third kappa shape index (κ3) is 10.5. The van der Waals surface area contributed by atoms with Gasteiger partial charge in [-0.1, -0.05) is 27.7 Å². The molecule has 0 radical (unpaired) electrons. The third-order valence-corrected chi connectivity index (χ3v) is 4.33. The first-order valence-corrected chi connectivity index (χ1v) is 10.5. The zero-order valence-corrected chi connectivity index (χ0v) is 18.4. The van der Waals surface area contributed by atoms with Gasteiger partial charge in [0.1, 0.15) is 12.1 Å². The Balaban J connectivity index is 2.89. The number of hydrogen-bond acceptors (Lipinski definition) is 6. The molecule has 10 nitrogen and oxygen atoms in total. The first kappa shape index (κ1) is 25.8. The molecule has 1 aliphatic rings. The fourth-order valence-corrected chi connectivity index (χ4v) is 2.91. The van der Waals surface area contributed by atoms with Gasteiger partial charge in [-0.25, -0.2) is 0 Å². The summed E-state index contributed by atoms with van der Waals surface area (Å²) in [7, 11) is 0. The minimum Gasteiger partial charge on any atom is -0.377 e. The number of amides is 4. The van der Waals surface area contributed by atoms with Crippen LogP contribution in [0.3, 0.4) is 0 Å². The summed E-state index contributed by atoms with van der Waals surface area (Å²) in [6.45, 7) is 9.54. The molecule has 0 unspecified atom stereocenters. The summed E-state index contributed by atoms with van der Waals surface area (Å²) in [4.78, 5) is 49.7. The van der Waals surface area contributed by atoms with Crippen molar-refractivity contribution < 1.29 is 28.7 Å². The Kier molecular flexibility index (Phi) is 12.0. The molecule has 0 bridgehead atoms. The standard InChI is InChI=1S/C20H36N4O6/c1-13(2)11-15-17(25)21-5-7-29-9-10-30-8-6-22-18(26)16(12-14(3)4)24-20(28)19(27)23-15/h13-16H,5-12H2,1-4H3,(H,21,25)(H,22,26)(H,23,27)(H,24,28)/t15-,16-/m0/s1. The van der Waals surface area contributed by atoms with E-state index in [1.807, 2.05) is 27.7 Å². The summed E-state index contributed by atoms with van der Waals surface area (Å²) in [6, 6.07) is -1.72. The minimum atomic E-state index is -0.946. The van der Waals surface area contributed by atoms with Gasteiger partial charge < -0.3 is 30.7 Å². The van der Waals surface area contributed by atoms with Crippen LogP contribution in [0.2, 0.25) is 0 Å². The van der Waals surface area contributed by atoms with Crippen molar-refractivity contribution in [3.63, 3.8) is 0 Å². The van der Waals surface area contributed by atoms with Crippen molar-refractivity contribution in [3.8, 4) is 0 Å². The Morgan fingerprint density at radius 2 is 1.07 bits per heavy atom. The number of nitrogens with one attached hydrogen (secondary N) is 4. The van der Waals surface area contributed by atoms with Gasteiger partial charge in [0.25, 0.3) is 0 Å². The van der Waals surface area contributed by atoms with Gasteiger partial charge in [-0.2, -0.15) is 0 Å². The van der Waals surface area contributed by atoms with Crippen molar-refractivity contribution in [2.24, 2.45) is 11.8 Å². The molecule has 0 aromatic heterocycles. The maximum absolute atomic E-state index is 12.5. The first-order valence-electron chi connectivity index (χ1n) is 10.5. The van der Waals surface area contributed by atoms with E-state index in [-0.39, 0.29) is 36.7 Å². The minimum absolute atomic E-state index is 0.120. The maximum atomic E-state index is 12.5. The van der Waals surface area contributed by atoms with Crippen LogP contribution in [0.4, 0.5) is 0 Å². The molecule has 0 spiro atoms. The van der Waals surface area contributed by atoms with Gasteiger partial charge in [-0.15, -0.1) is 0 Å². The van der Waals surface area contributed by atoms with E-state index in [4.69, 9.17) is 9.47 Å². The molecular weight excluding hydrogens is 392 g/mol. The zero-order chi connectivity index (χ0) is 22.5. The molecule has 1 fully saturated rings. The second-order valence-corrected chi connectivity index (χ2v) is 8.12. The van der Waals surface area contributed by atoms with E-state index in [0.29, 0.717) is 39.3 Å². The molecule has 0 aromatic carbocycles. The normalized spacial score (nSPS) is 23.8. The van der Waals surface area contributed by atoms with E-state index in [1.54, 1.807) is 0 Å². The molecule has 172 valence electrons. The molecule has 0 aliphatic carbocycles. The van der Waals surface area contributed by atoms with Gasteiger partial charge >= 0.3 is 11.8 Å². The lowest BCUT2D eigenvalue weighted by molar-refractivity contribution is -0.142. The molecule has 10 heteroatoms. The van der Waals surface area contributed by atoms with Gasteiger partial charge in [0.15, 0.2) is 0 Å². The van der Waals surface area contributed by atoms with Crippen molar-refractivity contribution >= 4 is 23.6 Å². The Hall–Kier alpha value is -2.20. The molecule has 0 aromatic rings. The molecule has 4 amide bonds. The van der Waals surface area contributed by atoms with Crippen molar-refractivity contribution in [1.29, 1.82) is 0 Å². The van der Waals surface area contributed by atoms with Crippen molar-refractivity contribution in [2.45, 2.75) is 52.6 Å². The maximum Gasteiger partial charge on any atom is 0.309 e. The number of rotatable bonds is 4. The van der Waals surface area contributed by atoms with Crippen LogP contribution in [0, 0.1) is 11.8 Å². The van der Waals surface area contributed by atoms with E-state index < -0.39 is 23.9 Å². The van der Waals surface area contributed by atoms with Gasteiger partial charge in [-0.3, -0.25) is 19.2 Å². The fraction of sp³-hybridized carbons (Fsp3) is 0.800. The number of hydrogen-bond donors (Lipinski definition) is 4. The molecule has 1 aliphatic heterocycles. The van der Waals surface area contributed by atoms with E-state index in [2.05, 4.69) is 21.3 Å². The summed E-state index contributed by atoms with van der Waals surface area (Å²) >= 11 is 0. The summed E-state index contributed by atoms with van der Waals surface area (Å²) in [5.74, 6) is -2.43. The topological polar surface area (TPSA) is 135 Å². The predicted octanol–water partition coefficient (Wildman–Crippen LogP) is -0.673. The molecule has 4 N–H and O–H groups in total. The summed E-state index contributed by atoms with van der Waals surface area (Å²) in [5, 5.41) is 10.4. The van der Waals surface area contributed by atoms with Crippen molar-refractivity contribution in [2.75, 3.05) is 39.5 Å². The van der Waals surface area contributed by atoms with Crippen LogP contribution >= 0.6 is 0 Å². The second kappa shape index (κ2) is 13.9. The largest absolute Gasteiger partial charge is 0.377 e. The highest BCUT2D eigenvalue weighted by molar-refractivity contribution is 6.35. The second-order valence-electron chi connectivity index (χ2n) is 8.12. The smallest absolute Gasteiger partial charge is 0.309 e. The van der Waals surface area contributed by atoms with Crippen LogP contribution in [0.1, 0.15) is 40.5 Å². The van der Waals surface area contributed by atoms with Gasteiger partial charge in [0.05, 0.1) is 26.4 Å². The number of carbonyl (C=O) groups excluding carboxylic acids is 4. The lowest BCUT2D eigenvalue weighted by atomic mass is 10.0. The van der Waals surface area contributed by atoms with Crippen LogP contribution < -0.4 is 21.3 Å². The van der Waals surface area contributed by atoms with Gasteiger partial charge in [0, 0.05) is 13.1 Å². The molecule has 30 heavy (non-hydrogen) atoms. The number of carbonyl (C=O) groups is 4. The molecule has 2 atom stereocenters. The van der Waals surface area contributed by atoms with Crippen LogP contribution in [0.5, 0.6) is 0 Å². The van der Waals surface area contributed by atoms with E-state index in [1.165, 1.54) is 0 Å². The zero-order valence-electron chi connectivity index (χ0n) is 18.4. The van der Waals surface area contributed by atoms with Crippen molar-refractivity contribution in [1.82, 2.24) is 21.3 Å². The van der Waals surface area contributed by atoms with E-state index >= 15 is 0 Å². The number of ether oxygens (including phenoxy) is 2. The highest BCUT2D eigenvalue weighted by Crippen LogP contribution is 2.07. The Bertz CT molecular complexity index is 532. The van der Waals surface area contributed by atoms with Gasteiger partial charge in [0.2, 0.25) is 11.8 Å². The Labute approximate surface area is 178 Å². The highest BCUT2D eigenvalue weighted by Gasteiger charge is 2.28. The Morgan fingerprint density at radius 1 is 0.700 bits per heavy atom. The van der Waals surface area contributed by atoms with Crippen LogP contribution in [-0.2, 0) is 28.7 Å². The van der Waals surface area contributed by atoms with E-state index in [0.717, 1.165) is 0 Å². The summed E-state index contributed by atoms with van der Waals surface area (Å²) in [5.41, 5.74) is 0. The third-order valence-electron chi connectivity index (χ3n) is 4.33. The lowest BCUT2D eigenvalue weighted by Crippen LogP contribution is -2.55. The SMILES string of the molecule is CC(C)C[C@@H]1NC(=O)C(=O)N[C@@H](CC(C)C)C(=O)NCCOCCOCCNC1=O. The molecule has 1 rings (SSSR count). The van der Waals surface area contributed by atoms with E-state index in [9.17, 15) is 19.2 Å². The van der Waals surface area contributed by atoms with Crippen LogP contribution in [0.25, 0.3) is 0 Å². The molecule has 1 saturated heterocycles. The predicted molar refractivity (Wildman–Crippen MR) is 110 cm³/mol. The molecular formula is C20H36N4O6. The lowest BCUT2D eigenvalue weighted by Gasteiger charge is -2.22. The average Bonchev–Trinajstić information content (AvgIpc) is 2.66. The Morgan fingerprint density at radius 3 is 1.40 bits per heavy atom. The average molecular weight is 429 g/mol. The highest BCUT2D eigenvalue weighted by atomic mass is 16.5. The van der Waals surface area contributed by atoms with Crippen LogP contribution in [-0.4, -0.2) is 75.2 Å². The summed E-state index contributed by atoms with van der Waals surface area (Å²) < 4.78 is 10.8. The molecule has 0 saturated carbocycles. The fourth-order valence-electron chi connectivity index (χ4n) is 2.91. The molecule has 1 heterocycles. The summed E-state index contributed by atoms with van der Waals surface area (Å²) in [6.07, 6.45) is 0.741. The van der Waals surface area contributed by atoms with Crippen molar-refractivity contribution in [3.05, 3.63) is 0 Å². The quantitative estimate of drug-likeness (QED) is 0.439. The monoisotopic (exact) mass is 428 g/mol. The van der Waals surface area contributed by atoms with Crippen LogP contribution in [0.15, 0.2) is 0 Å².